The lowest BCUT2D eigenvalue weighted by Gasteiger charge is -2.49. The standard InChI is InChI=1S/C15H27N7/c1-21(2)14-19-12(18-13(16)20-14)10-22-9-8-17-11-15(22)6-4-3-5-7-15/h17H,3-11H2,1-2H3,(H2,16,18,19,20). The molecule has 1 aliphatic carbocycles. The number of hydrogen-bond acceptors (Lipinski definition) is 7. The molecule has 22 heavy (non-hydrogen) atoms. The summed E-state index contributed by atoms with van der Waals surface area (Å²) in [5.74, 6) is 1.72. The van der Waals surface area contributed by atoms with E-state index in [0.29, 0.717) is 11.9 Å². The molecule has 0 aromatic carbocycles. The second-order valence-corrected chi connectivity index (χ2v) is 6.69. The highest BCUT2D eigenvalue weighted by Gasteiger charge is 2.39. The van der Waals surface area contributed by atoms with Crippen LogP contribution in [-0.2, 0) is 6.54 Å². The molecule has 3 rings (SSSR count). The molecule has 0 bridgehead atoms. The van der Waals surface area contributed by atoms with Gasteiger partial charge in [0.15, 0.2) is 0 Å². The predicted molar refractivity (Wildman–Crippen MR) is 87.7 cm³/mol. The summed E-state index contributed by atoms with van der Waals surface area (Å²) >= 11 is 0. The van der Waals surface area contributed by atoms with Gasteiger partial charge in [-0.1, -0.05) is 19.3 Å². The molecule has 122 valence electrons. The highest BCUT2D eigenvalue weighted by atomic mass is 15.3. The fourth-order valence-electron chi connectivity index (χ4n) is 3.70. The molecule has 1 aliphatic heterocycles. The van der Waals surface area contributed by atoms with Crippen molar-refractivity contribution in [3.63, 3.8) is 0 Å². The second kappa shape index (κ2) is 6.34. The molecule has 1 spiro atoms. The normalized spacial score (nSPS) is 21.9. The van der Waals surface area contributed by atoms with Crippen molar-refractivity contribution in [3.05, 3.63) is 5.82 Å². The Labute approximate surface area is 132 Å². The van der Waals surface area contributed by atoms with Gasteiger partial charge in [0, 0.05) is 39.3 Å². The molecular weight excluding hydrogens is 278 g/mol. The number of nitrogens with zero attached hydrogens (tertiary/aromatic N) is 5. The summed E-state index contributed by atoms with van der Waals surface area (Å²) < 4.78 is 0. The van der Waals surface area contributed by atoms with Gasteiger partial charge < -0.3 is 16.0 Å². The third kappa shape index (κ3) is 3.15. The average molecular weight is 305 g/mol. The molecule has 7 nitrogen and oxygen atoms in total. The Morgan fingerprint density at radius 1 is 1.18 bits per heavy atom. The number of nitrogens with two attached hydrogens (primary N) is 1. The largest absolute Gasteiger partial charge is 0.368 e. The Bertz CT molecular complexity index is 502. The summed E-state index contributed by atoms with van der Waals surface area (Å²) in [5.41, 5.74) is 6.13. The second-order valence-electron chi connectivity index (χ2n) is 6.69. The number of aromatic nitrogens is 3. The number of anilines is 2. The van der Waals surface area contributed by atoms with Crippen LogP contribution < -0.4 is 16.0 Å². The van der Waals surface area contributed by atoms with E-state index in [1.165, 1.54) is 32.1 Å². The molecule has 0 atom stereocenters. The predicted octanol–water partition coefficient (Wildman–Crippen LogP) is 0.628. The zero-order valence-corrected chi connectivity index (χ0v) is 13.7. The first-order valence-electron chi connectivity index (χ1n) is 8.23. The SMILES string of the molecule is CN(C)c1nc(N)nc(CN2CCNCC23CCCCC3)n1. The van der Waals surface area contributed by atoms with Crippen LogP contribution >= 0.6 is 0 Å². The minimum absolute atomic E-state index is 0.274. The summed E-state index contributed by atoms with van der Waals surface area (Å²) in [5, 5.41) is 3.57. The van der Waals surface area contributed by atoms with Crippen LogP contribution in [0.2, 0.25) is 0 Å². The fourth-order valence-corrected chi connectivity index (χ4v) is 3.70. The molecule has 1 aromatic rings. The fraction of sp³-hybridized carbons (Fsp3) is 0.800. The molecule has 0 unspecified atom stereocenters. The van der Waals surface area contributed by atoms with Crippen molar-refractivity contribution in [1.82, 2.24) is 25.2 Å². The number of piperazine rings is 1. The van der Waals surface area contributed by atoms with Gasteiger partial charge in [0.25, 0.3) is 0 Å². The Morgan fingerprint density at radius 2 is 1.95 bits per heavy atom. The molecule has 2 aliphatic rings. The first kappa shape index (κ1) is 15.4. The van der Waals surface area contributed by atoms with Gasteiger partial charge in [-0.05, 0) is 12.8 Å². The number of nitrogen functional groups attached to an aromatic ring is 1. The number of hydrogen-bond donors (Lipinski definition) is 2. The highest BCUT2D eigenvalue weighted by molar-refractivity contribution is 5.32. The smallest absolute Gasteiger partial charge is 0.229 e. The van der Waals surface area contributed by atoms with Crippen LogP contribution in [0.1, 0.15) is 37.9 Å². The Kier molecular flexibility index (Phi) is 4.44. The van der Waals surface area contributed by atoms with Crippen molar-refractivity contribution in [2.45, 2.75) is 44.2 Å². The van der Waals surface area contributed by atoms with E-state index in [9.17, 15) is 0 Å². The lowest BCUT2D eigenvalue weighted by Crippen LogP contribution is -2.61. The van der Waals surface area contributed by atoms with Crippen LogP contribution in [0.3, 0.4) is 0 Å². The van der Waals surface area contributed by atoms with Crippen molar-refractivity contribution in [1.29, 1.82) is 0 Å². The van der Waals surface area contributed by atoms with Crippen LogP contribution in [-0.4, -0.2) is 59.1 Å². The quantitative estimate of drug-likeness (QED) is 0.847. The van der Waals surface area contributed by atoms with E-state index in [1.54, 1.807) is 0 Å². The topological polar surface area (TPSA) is 83.2 Å². The van der Waals surface area contributed by atoms with E-state index < -0.39 is 0 Å². The maximum atomic E-state index is 5.85. The van der Waals surface area contributed by atoms with Crippen molar-refractivity contribution >= 4 is 11.9 Å². The molecule has 1 saturated heterocycles. The van der Waals surface area contributed by atoms with Gasteiger partial charge in [0.1, 0.15) is 5.82 Å². The minimum atomic E-state index is 0.274. The van der Waals surface area contributed by atoms with E-state index in [-0.39, 0.29) is 5.54 Å². The van der Waals surface area contributed by atoms with Gasteiger partial charge >= 0.3 is 0 Å². The molecule has 0 radical (unpaired) electrons. The third-order valence-corrected chi connectivity index (χ3v) is 4.89. The number of nitrogens with one attached hydrogen (secondary N) is 1. The molecule has 0 amide bonds. The van der Waals surface area contributed by atoms with Crippen LogP contribution in [0.4, 0.5) is 11.9 Å². The zero-order chi connectivity index (χ0) is 15.6. The molecule has 2 fully saturated rings. The molecule has 1 aromatic heterocycles. The van der Waals surface area contributed by atoms with Crippen molar-refractivity contribution < 1.29 is 0 Å². The summed E-state index contributed by atoms with van der Waals surface area (Å²) in [6.45, 7) is 3.91. The summed E-state index contributed by atoms with van der Waals surface area (Å²) in [6, 6.07) is 0. The van der Waals surface area contributed by atoms with Gasteiger partial charge in [-0.25, -0.2) is 0 Å². The van der Waals surface area contributed by atoms with E-state index in [0.717, 1.165) is 32.0 Å². The van der Waals surface area contributed by atoms with E-state index >= 15 is 0 Å². The van der Waals surface area contributed by atoms with Crippen molar-refractivity contribution in [3.8, 4) is 0 Å². The third-order valence-electron chi connectivity index (χ3n) is 4.89. The van der Waals surface area contributed by atoms with Crippen LogP contribution in [0.5, 0.6) is 0 Å². The zero-order valence-electron chi connectivity index (χ0n) is 13.7. The molecule has 2 heterocycles. The van der Waals surface area contributed by atoms with Crippen LogP contribution in [0.25, 0.3) is 0 Å². The van der Waals surface area contributed by atoms with Crippen LogP contribution in [0, 0.1) is 0 Å². The Balaban J connectivity index is 1.81. The molecule has 1 saturated carbocycles. The molecule has 7 heteroatoms. The van der Waals surface area contributed by atoms with Crippen molar-refractivity contribution in [2.24, 2.45) is 0 Å². The first-order chi connectivity index (χ1) is 10.6. The number of rotatable bonds is 3. The lowest BCUT2D eigenvalue weighted by molar-refractivity contribution is 0.0189. The summed E-state index contributed by atoms with van der Waals surface area (Å²) in [4.78, 5) is 17.5. The van der Waals surface area contributed by atoms with Gasteiger partial charge in [-0.15, -0.1) is 0 Å². The van der Waals surface area contributed by atoms with Gasteiger partial charge in [-0.2, -0.15) is 15.0 Å². The van der Waals surface area contributed by atoms with Gasteiger partial charge in [0.2, 0.25) is 11.9 Å². The maximum Gasteiger partial charge on any atom is 0.229 e. The summed E-state index contributed by atoms with van der Waals surface area (Å²) in [7, 11) is 3.85. The van der Waals surface area contributed by atoms with E-state index in [1.807, 2.05) is 19.0 Å². The van der Waals surface area contributed by atoms with Crippen molar-refractivity contribution in [2.75, 3.05) is 44.4 Å². The minimum Gasteiger partial charge on any atom is -0.368 e. The Morgan fingerprint density at radius 3 is 2.68 bits per heavy atom. The molecular formula is C15H27N7. The van der Waals surface area contributed by atoms with Crippen LogP contribution in [0.15, 0.2) is 0 Å². The van der Waals surface area contributed by atoms with Gasteiger partial charge in [-0.3, -0.25) is 4.90 Å². The average Bonchev–Trinajstić information content (AvgIpc) is 2.50. The van der Waals surface area contributed by atoms with Gasteiger partial charge in [0.05, 0.1) is 6.54 Å². The van der Waals surface area contributed by atoms with E-state index in [4.69, 9.17) is 5.73 Å². The monoisotopic (exact) mass is 305 g/mol. The summed E-state index contributed by atoms with van der Waals surface area (Å²) in [6.07, 6.45) is 6.53. The van der Waals surface area contributed by atoms with E-state index in [2.05, 4.69) is 25.2 Å². The Hall–Kier alpha value is -1.47. The highest BCUT2D eigenvalue weighted by Crippen LogP contribution is 2.35. The maximum absolute atomic E-state index is 5.85. The molecule has 3 N–H and O–H groups in total. The first-order valence-corrected chi connectivity index (χ1v) is 8.23. The lowest BCUT2D eigenvalue weighted by atomic mass is 9.79.